The summed E-state index contributed by atoms with van der Waals surface area (Å²) >= 11 is 0. The molecule has 1 unspecified atom stereocenters. The smallest absolute Gasteiger partial charge is 0.239 e. The van der Waals surface area contributed by atoms with E-state index in [4.69, 9.17) is 0 Å². The SMILES string of the molecule is O=C1Nc2ccc(S(=O)(=O)Cc3ccccc3)cc2C1c1nc2ccccc2[nH]1. The Kier molecular flexibility index (Phi) is 3.99. The lowest BCUT2D eigenvalue weighted by Gasteiger charge is -2.09. The van der Waals surface area contributed by atoms with Crippen molar-refractivity contribution in [1.29, 1.82) is 0 Å². The molecule has 1 aromatic heterocycles. The van der Waals surface area contributed by atoms with E-state index in [-0.39, 0.29) is 16.6 Å². The Morgan fingerprint density at radius 3 is 2.48 bits per heavy atom. The number of carbonyl (C=O) groups excluding carboxylic acids is 1. The summed E-state index contributed by atoms with van der Waals surface area (Å²) in [7, 11) is -3.55. The first-order valence-electron chi connectivity index (χ1n) is 9.17. The molecule has 1 aliphatic rings. The lowest BCUT2D eigenvalue weighted by Crippen LogP contribution is -2.14. The summed E-state index contributed by atoms with van der Waals surface area (Å²) < 4.78 is 25.9. The summed E-state index contributed by atoms with van der Waals surface area (Å²) in [6.07, 6.45) is 0. The molecular formula is C22H17N3O3S. The fraction of sp³-hybridized carbons (Fsp3) is 0.0909. The second kappa shape index (κ2) is 6.56. The maximum absolute atomic E-state index is 12.9. The van der Waals surface area contributed by atoms with Crippen LogP contribution in [0.5, 0.6) is 0 Å². The Labute approximate surface area is 167 Å². The van der Waals surface area contributed by atoms with Gasteiger partial charge in [0.1, 0.15) is 11.7 Å². The van der Waals surface area contributed by atoms with E-state index in [2.05, 4.69) is 15.3 Å². The minimum absolute atomic E-state index is 0.0939. The van der Waals surface area contributed by atoms with Crippen LogP contribution < -0.4 is 5.32 Å². The Bertz CT molecular complexity index is 1310. The third kappa shape index (κ3) is 3.09. The Morgan fingerprint density at radius 2 is 1.69 bits per heavy atom. The van der Waals surface area contributed by atoms with Crippen molar-refractivity contribution in [3.05, 3.63) is 89.7 Å². The van der Waals surface area contributed by atoms with Crippen molar-refractivity contribution >= 4 is 32.5 Å². The van der Waals surface area contributed by atoms with Crippen molar-refractivity contribution in [2.75, 3.05) is 5.32 Å². The third-order valence-corrected chi connectivity index (χ3v) is 6.78. The van der Waals surface area contributed by atoms with Crippen LogP contribution >= 0.6 is 0 Å². The zero-order valence-corrected chi connectivity index (χ0v) is 16.1. The Morgan fingerprint density at radius 1 is 0.931 bits per heavy atom. The molecule has 7 heteroatoms. The average Bonchev–Trinajstić information content (AvgIpc) is 3.27. The quantitative estimate of drug-likeness (QED) is 0.544. The number of carbonyl (C=O) groups is 1. The first kappa shape index (κ1) is 17.6. The second-order valence-electron chi connectivity index (χ2n) is 7.06. The predicted octanol–water partition coefficient (Wildman–Crippen LogP) is 3.62. The molecule has 0 saturated heterocycles. The molecule has 3 aromatic carbocycles. The molecule has 4 aromatic rings. The third-order valence-electron chi connectivity index (χ3n) is 5.09. The first-order valence-corrected chi connectivity index (χ1v) is 10.8. The van der Waals surface area contributed by atoms with Crippen molar-refractivity contribution < 1.29 is 13.2 Å². The summed E-state index contributed by atoms with van der Waals surface area (Å²) in [5, 5.41) is 2.82. The van der Waals surface area contributed by atoms with Crippen LogP contribution in [0.2, 0.25) is 0 Å². The molecule has 1 aliphatic heterocycles. The number of rotatable bonds is 4. The molecule has 0 fully saturated rings. The van der Waals surface area contributed by atoms with Gasteiger partial charge >= 0.3 is 0 Å². The number of H-pyrrole nitrogens is 1. The van der Waals surface area contributed by atoms with Gasteiger partial charge in [0.05, 0.1) is 21.7 Å². The molecule has 0 bridgehead atoms. The number of anilines is 1. The minimum atomic E-state index is -3.55. The standard InChI is InChI=1S/C22H17N3O3S/c26-22-20(21-23-18-8-4-5-9-19(18)24-21)16-12-15(10-11-17(16)25-22)29(27,28)13-14-6-2-1-3-7-14/h1-12,20H,13H2,(H,23,24)(H,25,26). The number of para-hydroxylation sites is 2. The van der Waals surface area contributed by atoms with Crippen LogP contribution in [-0.2, 0) is 20.4 Å². The molecule has 2 heterocycles. The molecule has 0 spiro atoms. The van der Waals surface area contributed by atoms with E-state index >= 15 is 0 Å². The zero-order chi connectivity index (χ0) is 20.0. The van der Waals surface area contributed by atoms with Gasteiger partial charge in [0, 0.05) is 5.69 Å². The summed E-state index contributed by atoms with van der Waals surface area (Å²) in [5.41, 5.74) is 3.53. The number of amides is 1. The summed E-state index contributed by atoms with van der Waals surface area (Å²) in [4.78, 5) is 20.6. The molecule has 2 N–H and O–H groups in total. The number of aromatic amines is 1. The van der Waals surface area contributed by atoms with Gasteiger partial charge < -0.3 is 10.3 Å². The molecule has 29 heavy (non-hydrogen) atoms. The van der Waals surface area contributed by atoms with Gasteiger partial charge in [0.2, 0.25) is 5.91 Å². The number of imidazole rings is 1. The summed E-state index contributed by atoms with van der Waals surface area (Å²) in [5.74, 6) is -0.496. The van der Waals surface area contributed by atoms with Crippen LogP contribution in [0.15, 0.2) is 77.7 Å². The zero-order valence-electron chi connectivity index (χ0n) is 15.3. The van der Waals surface area contributed by atoms with Gasteiger partial charge in [0.25, 0.3) is 0 Å². The molecule has 6 nitrogen and oxygen atoms in total. The molecule has 5 rings (SSSR count). The number of benzene rings is 3. The van der Waals surface area contributed by atoms with E-state index in [1.165, 1.54) is 0 Å². The highest BCUT2D eigenvalue weighted by molar-refractivity contribution is 7.90. The topological polar surface area (TPSA) is 91.9 Å². The molecule has 1 amide bonds. The first-order chi connectivity index (χ1) is 14.0. The maximum Gasteiger partial charge on any atom is 0.239 e. The second-order valence-corrected chi connectivity index (χ2v) is 9.04. The number of nitrogens with zero attached hydrogens (tertiary/aromatic N) is 1. The van der Waals surface area contributed by atoms with Gasteiger partial charge in [-0.1, -0.05) is 42.5 Å². The number of hydrogen-bond donors (Lipinski definition) is 2. The highest BCUT2D eigenvalue weighted by atomic mass is 32.2. The van der Waals surface area contributed by atoms with E-state index in [9.17, 15) is 13.2 Å². The summed E-state index contributed by atoms with van der Waals surface area (Å²) in [6.45, 7) is 0. The largest absolute Gasteiger partial charge is 0.341 e. The van der Waals surface area contributed by atoms with Crippen LogP contribution in [0.25, 0.3) is 11.0 Å². The van der Waals surface area contributed by atoms with Gasteiger partial charge in [-0.05, 0) is 41.5 Å². The molecular weight excluding hydrogens is 386 g/mol. The number of sulfone groups is 1. The molecule has 144 valence electrons. The van der Waals surface area contributed by atoms with Gasteiger partial charge in [-0.3, -0.25) is 4.79 Å². The van der Waals surface area contributed by atoms with Crippen LogP contribution in [0.1, 0.15) is 22.9 Å². The van der Waals surface area contributed by atoms with Crippen molar-refractivity contribution in [3.63, 3.8) is 0 Å². The highest BCUT2D eigenvalue weighted by Crippen LogP contribution is 2.38. The normalized spacial score (nSPS) is 16.0. The van der Waals surface area contributed by atoms with Crippen LogP contribution in [0.3, 0.4) is 0 Å². The molecule has 0 aliphatic carbocycles. The highest BCUT2D eigenvalue weighted by Gasteiger charge is 2.35. The molecule has 0 radical (unpaired) electrons. The number of fused-ring (bicyclic) bond motifs is 2. The molecule has 1 atom stereocenters. The monoisotopic (exact) mass is 403 g/mol. The van der Waals surface area contributed by atoms with Crippen LogP contribution in [0.4, 0.5) is 5.69 Å². The van der Waals surface area contributed by atoms with Gasteiger partial charge in [0.15, 0.2) is 9.84 Å². The predicted molar refractivity (Wildman–Crippen MR) is 110 cm³/mol. The van der Waals surface area contributed by atoms with Gasteiger partial charge in [-0.15, -0.1) is 0 Å². The Balaban J connectivity index is 1.56. The van der Waals surface area contributed by atoms with Crippen molar-refractivity contribution in [2.24, 2.45) is 0 Å². The van der Waals surface area contributed by atoms with Gasteiger partial charge in [-0.25, -0.2) is 13.4 Å². The fourth-order valence-electron chi connectivity index (χ4n) is 3.69. The lowest BCUT2D eigenvalue weighted by atomic mass is 10.0. The van der Waals surface area contributed by atoms with E-state index in [0.717, 1.165) is 16.6 Å². The van der Waals surface area contributed by atoms with Gasteiger partial charge in [-0.2, -0.15) is 0 Å². The van der Waals surface area contributed by atoms with E-state index in [1.54, 1.807) is 30.3 Å². The van der Waals surface area contributed by atoms with E-state index < -0.39 is 15.8 Å². The van der Waals surface area contributed by atoms with Crippen LogP contribution in [-0.4, -0.2) is 24.3 Å². The van der Waals surface area contributed by atoms with Crippen molar-refractivity contribution in [1.82, 2.24) is 9.97 Å². The fourth-order valence-corrected chi connectivity index (χ4v) is 5.07. The molecule has 0 saturated carbocycles. The average molecular weight is 403 g/mol. The van der Waals surface area contributed by atoms with Crippen molar-refractivity contribution in [3.8, 4) is 0 Å². The number of nitrogens with one attached hydrogen (secondary N) is 2. The number of hydrogen-bond acceptors (Lipinski definition) is 4. The summed E-state index contributed by atoms with van der Waals surface area (Å²) in [6, 6.07) is 21.3. The lowest BCUT2D eigenvalue weighted by molar-refractivity contribution is -0.116. The van der Waals surface area contributed by atoms with Crippen molar-refractivity contribution in [2.45, 2.75) is 16.6 Å². The maximum atomic E-state index is 12.9. The Hall–Kier alpha value is -3.45. The van der Waals surface area contributed by atoms with Crippen LogP contribution in [0, 0.1) is 0 Å². The minimum Gasteiger partial charge on any atom is -0.341 e. The van der Waals surface area contributed by atoms with E-state index in [0.29, 0.717) is 17.1 Å². The van der Waals surface area contributed by atoms with E-state index in [1.807, 2.05) is 42.5 Å². The number of aromatic nitrogens is 2.